The second-order valence-corrected chi connectivity index (χ2v) is 7.95. The number of nitriles is 1. The largest absolute Gasteiger partial charge is 0.370 e. The van der Waals surface area contributed by atoms with E-state index in [1.165, 1.54) is 18.2 Å². The maximum Gasteiger partial charge on any atom is 0.268 e. The highest BCUT2D eigenvalue weighted by Gasteiger charge is 2.25. The highest BCUT2D eigenvalue weighted by molar-refractivity contribution is 5.95. The van der Waals surface area contributed by atoms with Crippen LogP contribution >= 0.6 is 0 Å². The Balaban J connectivity index is 1.65. The summed E-state index contributed by atoms with van der Waals surface area (Å²) < 4.78 is 13.2. The molecule has 0 aliphatic carbocycles. The Hall–Kier alpha value is -3.92. The Morgan fingerprint density at radius 2 is 1.91 bits per heavy atom. The van der Waals surface area contributed by atoms with Gasteiger partial charge in [-0.05, 0) is 54.7 Å². The fourth-order valence-electron chi connectivity index (χ4n) is 4.22. The number of rotatable bonds is 5. The number of hydrogen-bond acceptors (Lipinski definition) is 4. The first-order chi connectivity index (χ1) is 15.5. The zero-order valence-corrected chi connectivity index (χ0v) is 17.5. The lowest BCUT2D eigenvalue weighted by Crippen LogP contribution is -2.44. The third-order valence-electron chi connectivity index (χ3n) is 5.83. The number of pyridine rings is 1. The molecule has 0 spiro atoms. The number of fused-ring (bicyclic) bond motifs is 1. The molecule has 1 aliphatic heterocycles. The summed E-state index contributed by atoms with van der Waals surface area (Å²) in [6.07, 6.45) is 3.28. The first kappa shape index (κ1) is 21.3. The van der Waals surface area contributed by atoms with E-state index >= 15 is 0 Å². The van der Waals surface area contributed by atoms with Crippen molar-refractivity contribution in [3.05, 3.63) is 88.0 Å². The molecule has 2 N–H and O–H groups in total. The average molecular weight is 430 g/mol. The average Bonchev–Trinajstić information content (AvgIpc) is 2.80. The Bertz CT molecular complexity index is 1270. The predicted octanol–water partition coefficient (Wildman–Crippen LogP) is 3.40. The highest BCUT2D eigenvalue weighted by Crippen LogP contribution is 2.31. The zero-order chi connectivity index (χ0) is 22.7. The van der Waals surface area contributed by atoms with Gasteiger partial charge in [-0.25, -0.2) is 4.39 Å². The first-order valence-corrected chi connectivity index (χ1v) is 10.5. The fraction of sp³-hybridized carbons (Fsp3) is 0.240. The van der Waals surface area contributed by atoms with Crippen LogP contribution in [0.1, 0.15) is 29.5 Å². The number of carbonyl (C=O) groups excluding carboxylic acids is 1. The minimum Gasteiger partial charge on any atom is -0.370 e. The van der Waals surface area contributed by atoms with Crippen LogP contribution in [0.2, 0.25) is 0 Å². The van der Waals surface area contributed by atoms with Crippen LogP contribution in [0.3, 0.4) is 0 Å². The molecule has 7 heteroatoms. The summed E-state index contributed by atoms with van der Waals surface area (Å²) >= 11 is 0. The van der Waals surface area contributed by atoms with E-state index in [4.69, 9.17) is 0 Å². The van der Waals surface area contributed by atoms with Crippen LogP contribution < -0.4 is 15.8 Å². The molecule has 0 radical (unpaired) electrons. The quantitative estimate of drug-likeness (QED) is 0.607. The lowest BCUT2D eigenvalue weighted by Gasteiger charge is -2.34. The number of anilines is 1. The molecule has 3 aromatic rings. The standard InChI is InChI=1S/C25H23FN4O2/c1-2-23(31)28-19-9-11-30(12-10-19)24-20-8-5-17(13-16-3-6-18(26)7-4-16)14-22(20)29-25(32)21(24)15-27/h2-8,14,19H,1,9-13H2,(H,28,31)(H,29,32). The fourth-order valence-corrected chi connectivity index (χ4v) is 4.22. The van der Waals surface area contributed by atoms with Crippen molar-refractivity contribution in [1.82, 2.24) is 10.3 Å². The summed E-state index contributed by atoms with van der Waals surface area (Å²) in [7, 11) is 0. The summed E-state index contributed by atoms with van der Waals surface area (Å²) in [6, 6.07) is 14.2. The number of benzene rings is 2. The second-order valence-electron chi connectivity index (χ2n) is 7.95. The molecule has 6 nitrogen and oxygen atoms in total. The number of piperidine rings is 1. The number of halogens is 1. The predicted molar refractivity (Wildman–Crippen MR) is 122 cm³/mol. The van der Waals surface area contributed by atoms with E-state index in [-0.39, 0.29) is 23.3 Å². The molecule has 162 valence electrons. The van der Waals surface area contributed by atoms with Crippen molar-refractivity contribution in [1.29, 1.82) is 5.26 Å². The van der Waals surface area contributed by atoms with Gasteiger partial charge in [-0.3, -0.25) is 9.59 Å². The first-order valence-electron chi connectivity index (χ1n) is 10.5. The van der Waals surface area contributed by atoms with Gasteiger partial charge in [0.05, 0.1) is 11.2 Å². The van der Waals surface area contributed by atoms with E-state index in [0.29, 0.717) is 43.6 Å². The number of nitrogens with zero attached hydrogens (tertiary/aromatic N) is 2. The lowest BCUT2D eigenvalue weighted by molar-refractivity contribution is -0.117. The van der Waals surface area contributed by atoms with Crippen LogP contribution in [-0.2, 0) is 11.2 Å². The minimum absolute atomic E-state index is 0.0397. The summed E-state index contributed by atoms with van der Waals surface area (Å²) in [4.78, 5) is 29.1. The summed E-state index contributed by atoms with van der Waals surface area (Å²) in [5.74, 6) is -0.477. The summed E-state index contributed by atoms with van der Waals surface area (Å²) in [5.41, 5.74) is 2.90. The number of aromatic amines is 1. The van der Waals surface area contributed by atoms with Crippen molar-refractivity contribution in [2.45, 2.75) is 25.3 Å². The number of amides is 1. The van der Waals surface area contributed by atoms with E-state index in [1.54, 1.807) is 12.1 Å². The van der Waals surface area contributed by atoms with Crippen LogP contribution in [0.15, 0.2) is 59.9 Å². The molecule has 32 heavy (non-hydrogen) atoms. The molecule has 1 fully saturated rings. The molecule has 1 aromatic heterocycles. The van der Waals surface area contributed by atoms with Gasteiger partial charge in [-0.2, -0.15) is 5.26 Å². The van der Waals surface area contributed by atoms with Gasteiger partial charge in [0, 0.05) is 24.5 Å². The molecular weight excluding hydrogens is 407 g/mol. The van der Waals surface area contributed by atoms with Gasteiger partial charge in [0.1, 0.15) is 17.4 Å². The molecule has 2 aromatic carbocycles. The van der Waals surface area contributed by atoms with Gasteiger partial charge in [0.15, 0.2) is 0 Å². The normalized spacial score (nSPS) is 14.2. The molecule has 0 bridgehead atoms. The van der Waals surface area contributed by atoms with Crippen LogP contribution in [0.25, 0.3) is 10.9 Å². The Kier molecular flexibility index (Phi) is 6.04. The molecule has 0 saturated carbocycles. The van der Waals surface area contributed by atoms with Crippen molar-refractivity contribution in [3.8, 4) is 6.07 Å². The van der Waals surface area contributed by atoms with Crippen molar-refractivity contribution < 1.29 is 9.18 Å². The number of H-pyrrole nitrogens is 1. The van der Waals surface area contributed by atoms with E-state index in [0.717, 1.165) is 16.5 Å². The van der Waals surface area contributed by atoms with Gasteiger partial charge in [0.2, 0.25) is 5.91 Å². The van der Waals surface area contributed by atoms with Crippen molar-refractivity contribution in [3.63, 3.8) is 0 Å². The number of hydrogen-bond donors (Lipinski definition) is 2. The zero-order valence-electron chi connectivity index (χ0n) is 17.5. The minimum atomic E-state index is -0.420. The third-order valence-corrected chi connectivity index (χ3v) is 5.83. The monoisotopic (exact) mass is 430 g/mol. The van der Waals surface area contributed by atoms with Crippen molar-refractivity contribution in [2.24, 2.45) is 0 Å². The topological polar surface area (TPSA) is 89.0 Å². The van der Waals surface area contributed by atoms with Crippen LogP contribution in [-0.4, -0.2) is 30.0 Å². The molecular formula is C25H23FN4O2. The Morgan fingerprint density at radius 3 is 2.56 bits per heavy atom. The maximum absolute atomic E-state index is 13.2. The molecule has 1 saturated heterocycles. The summed E-state index contributed by atoms with van der Waals surface area (Å²) in [6.45, 7) is 4.71. The lowest BCUT2D eigenvalue weighted by atomic mass is 9.99. The van der Waals surface area contributed by atoms with Gasteiger partial charge in [0.25, 0.3) is 5.56 Å². The van der Waals surface area contributed by atoms with Gasteiger partial charge < -0.3 is 15.2 Å². The van der Waals surface area contributed by atoms with Crippen molar-refractivity contribution in [2.75, 3.05) is 18.0 Å². The van der Waals surface area contributed by atoms with Gasteiger partial charge in [-0.15, -0.1) is 0 Å². The molecule has 4 rings (SSSR count). The molecule has 2 heterocycles. The highest BCUT2D eigenvalue weighted by atomic mass is 19.1. The van der Waals surface area contributed by atoms with E-state index in [9.17, 15) is 19.2 Å². The molecule has 1 aliphatic rings. The molecule has 0 atom stereocenters. The third kappa shape index (κ3) is 4.40. The van der Waals surface area contributed by atoms with Crippen molar-refractivity contribution >= 4 is 22.5 Å². The number of nitrogens with one attached hydrogen (secondary N) is 2. The van der Waals surface area contributed by atoms with Gasteiger partial charge in [-0.1, -0.05) is 30.8 Å². The van der Waals surface area contributed by atoms with Crippen LogP contribution in [0, 0.1) is 17.1 Å². The molecule has 1 amide bonds. The van der Waals surface area contributed by atoms with Crippen LogP contribution in [0.4, 0.5) is 10.1 Å². The van der Waals surface area contributed by atoms with E-state index in [1.807, 2.05) is 23.1 Å². The van der Waals surface area contributed by atoms with Crippen LogP contribution in [0.5, 0.6) is 0 Å². The summed E-state index contributed by atoms with van der Waals surface area (Å²) in [5, 5.41) is 13.4. The SMILES string of the molecule is C=CC(=O)NC1CCN(c2c(C#N)c(=O)[nH]c3cc(Cc4ccc(F)cc4)ccc23)CC1. The van der Waals surface area contributed by atoms with E-state index in [2.05, 4.69) is 22.9 Å². The smallest absolute Gasteiger partial charge is 0.268 e. The van der Waals surface area contributed by atoms with E-state index < -0.39 is 5.56 Å². The Morgan fingerprint density at radius 1 is 1.22 bits per heavy atom. The second kappa shape index (κ2) is 9.06. The molecule has 0 unspecified atom stereocenters. The number of carbonyl (C=O) groups is 1. The van der Waals surface area contributed by atoms with Gasteiger partial charge >= 0.3 is 0 Å². The Labute approximate surface area is 185 Å². The number of aromatic nitrogens is 1. The maximum atomic E-state index is 13.2.